The number of aryl methyl sites for hydroxylation is 1. The molecule has 0 atom stereocenters. The standard InChI is InChI=1S/C14H19N3O/c1-3-9-17-10-5-6-12(17)11-16-13-7-4-8-15-14(13)18-2/h4-8,10,16H,3,9,11H2,1-2H3. The summed E-state index contributed by atoms with van der Waals surface area (Å²) in [5.41, 5.74) is 2.19. The number of nitrogens with zero attached hydrogens (tertiary/aromatic N) is 2. The minimum absolute atomic E-state index is 0.631. The SMILES string of the molecule is CCCn1cccc1CNc1cccnc1OC. The number of anilines is 1. The molecule has 4 nitrogen and oxygen atoms in total. The highest BCUT2D eigenvalue weighted by molar-refractivity contribution is 5.52. The lowest BCUT2D eigenvalue weighted by Gasteiger charge is -2.12. The van der Waals surface area contributed by atoms with Crippen molar-refractivity contribution < 1.29 is 4.74 Å². The van der Waals surface area contributed by atoms with Crippen molar-refractivity contribution in [3.8, 4) is 5.88 Å². The van der Waals surface area contributed by atoms with E-state index in [1.807, 2.05) is 12.1 Å². The van der Waals surface area contributed by atoms with Crippen molar-refractivity contribution in [2.24, 2.45) is 0 Å². The van der Waals surface area contributed by atoms with Gasteiger partial charge in [0.1, 0.15) is 0 Å². The summed E-state index contributed by atoms with van der Waals surface area (Å²) in [6.07, 6.45) is 4.97. The predicted molar refractivity (Wildman–Crippen MR) is 72.8 cm³/mol. The molecule has 0 unspecified atom stereocenters. The summed E-state index contributed by atoms with van der Waals surface area (Å²) < 4.78 is 7.47. The molecule has 96 valence electrons. The predicted octanol–water partition coefficient (Wildman–Crippen LogP) is 2.91. The van der Waals surface area contributed by atoms with Gasteiger partial charge in [-0.05, 0) is 30.7 Å². The first-order chi connectivity index (χ1) is 8.85. The van der Waals surface area contributed by atoms with Crippen LogP contribution in [0.25, 0.3) is 0 Å². The average molecular weight is 245 g/mol. The molecule has 0 aliphatic heterocycles. The van der Waals surface area contributed by atoms with Gasteiger partial charge in [-0.2, -0.15) is 0 Å². The molecule has 0 aliphatic rings. The Morgan fingerprint density at radius 3 is 3.00 bits per heavy atom. The number of hydrogen-bond acceptors (Lipinski definition) is 3. The summed E-state index contributed by atoms with van der Waals surface area (Å²) in [6, 6.07) is 8.08. The maximum absolute atomic E-state index is 5.21. The van der Waals surface area contributed by atoms with E-state index in [1.54, 1.807) is 13.3 Å². The van der Waals surface area contributed by atoms with Crippen molar-refractivity contribution in [2.75, 3.05) is 12.4 Å². The Balaban J connectivity index is 2.04. The lowest BCUT2D eigenvalue weighted by Crippen LogP contribution is -2.07. The van der Waals surface area contributed by atoms with Crippen LogP contribution < -0.4 is 10.1 Å². The summed E-state index contributed by atoms with van der Waals surface area (Å²) in [7, 11) is 1.63. The molecule has 4 heteroatoms. The third-order valence-corrected chi connectivity index (χ3v) is 2.81. The molecule has 2 aromatic heterocycles. The molecular weight excluding hydrogens is 226 g/mol. The second-order valence-corrected chi connectivity index (χ2v) is 4.11. The summed E-state index contributed by atoms with van der Waals surface area (Å²) in [5, 5.41) is 3.36. The molecule has 18 heavy (non-hydrogen) atoms. The van der Waals surface area contributed by atoms with E-state index >= 15 is 0 Å². The van der Waals surface area contributed by atoms with Crippen LogP contribution in [0.4, 0.5) is 5.69 Å². The van der Waals surface area contributed by atoms with Crippen LogP contribution >= 0.6 is 0 Å². The Bertz CT molecular complexity index is 493. The van der Waals surface area contributed by atoms with Gasteiger partial charge in [0.05, 0.1) is 19.3 Å². The molecule has 2 heterocycles. The first kappa shape index (κ1) is 12.5. The number of hydrogen-bond donors (Lipinski definition) is 1. The van der Waals surface area contributed by atoms with E-state index in [-0.39, 0.29) is 0 Å². The maximum atomic E-state index is 5.21. The van der Waals surface area contributed by atoms with Gasteiger partial charge < -0.3 is 14.6 Å². The molecule has 0 saturated carbocycles. The van der Waals surface area contributed by atoms with E-state index in [0.717, 1.165) is 25.2 Å². The highest BCUT2D eigenvalue weighted by atomic mass is 16.5. The van der Waals surface area contributed by atoms with E-state index in [0.29, 0.717) is 5.88 Å². The average Bonchev–Trinajstić information content (AvgIpc) is 2.84. The molecule has 0 fully saturated rings. The molecule has 0 saturated heterocycles. The van der Waals surface area contributed by atoms with Gasteiger partial charge in [-0.1, -0.05) is 6.92 Å². The van der Waals surface area contributed by atoms with Crippen LogP contribution in [0.15, 0.2) is 36.7 Å². The van der Waals surface area contributed by atoms with E-state index in [2.05, 4.69) is 40.1 Å². The fourth-order valence-electron chi connectivity index (χ4n) is 1.94. The number of nitrogens with one attached hydrogen (secondary N) is 1. The number of methoxy groups -OCH3 is 1. The molecule has 0 bridgehead atoms. The van der Waals surface area contributed by atoms with Crippen LogP contribution in [-0.2, 0) is 13.1 Å². The van der Waals surface area contributed by atoms with Crippen LogP contribution in [0.3, 0.4) is 0 Å². The topological polar surface area (TPSA) is 39.1 Å². The Kier molecular flexibility index (Phi) is 4.23. The zero-order chi connectivity index (χ0) is 12.8. The first-order valence-corrected chi connectivity index (χ1v) is 6.22. The molecule has 0 aliphatic carbocycles. The molecule has 2 rings (SSSR count). The lowest BCUT2D eigenvalue weighted by molar-refractivity contribution is 0.399. The van der Waals surface area contributed by atoms with E-state index in [1.165, 1.54) is 5.69 Å². The Labute approximate surface area is 108 Å². The molecular formula is C14H19N3O. The van der Waals surface area contributed by atoms with Crippen LogP contribution in [0.1, 0.15) is 19.0 Å². The second-order valence-electron chi connectivity index (χ2n) is 4.11. The van der Waals surface area contributed by atoms with Crippen molar-refractivity contribution >= 4 is 5.69 Å². The Morgan fingerprint density at radius 1 is 1.33 bits per heavy atom. The van der Waals surface area contributed by atoms with Crippen molar-refractivity contribution in [2.45, 2.75) is 26.4 Å². The molecule has 0 aromatic carbocycles. The van der Waals surface area contributed by atoms with Gasteiger partial charge in [0, 0.05) is 24.6 Å². The first-order valence-electron chi connectivity index (χ1n) is 6.22. The van der Waals surface area contributed by atoms with Crippen LogP contribution in [0.5, 0.6) is 5.88 Å². The van der Waals surface area contributed by atoms with Crippen molar-refractivity contribution in [1.82, 2.24) is 9.55 Å². The van der Waals surface area contributed by atoms with Gasteiger partial charge in [0.2, 0.25) is 5.88 Å². The van der Waals surface area contributed by atoms with Gasteiger partial charge in [-0.3, -0.25) is 0 Å². The van der Waals surface area contributed by atoms with E-state index < -0.39 is 0 Å². The van der Waals surface area contributed by atoms with E-state index in [4.69, 9.17) is 4.74 Å². The van der Waals surface area contributed by atoms with Crippen molar-refractivity contribution in [3.63, 3.8) is 0 Å². The third kappa shape index (κ3) is 2.83. The molecule has 2 aromatic rings. The van der Waals surface area contributed by atoms with Gasteiger partial charge in [-0.15, -0.1) is 0 Å². The molecule has 0 amide bonds. The molecule has 1 N–H and O–H groups in total. The van der Waals surface area contributed by atoms with E-state index in [9.17, 15) is 0 Å². The molecule has 0 radical (unpaired) electrons. The maximum Gasteiger partial charge on any atom is 0.237 e. The largest absolute Gasteiger partial charge is 0.480 e. The normalized spacial score (nSPS) is 10.3. The van der Waals surface area contributed by atoms with Gasteiger partial charge in [-0.25, -0.2) is 4.98 Å². The van der Waals surface area contributed by atoms with Crippen LogP contribution in [0, 0.1) is 0 Å². The summed E-state index contributed by atoms with van der Waals surface area (Å²) in [5.74, 6) is 0.631. The number of rotatable bonds is 6. The lowest BCUT2D eigenvalue weighted by atomic mass is 10.3. The van der Waals surface area contributed by atoms with Crippen molar-refractivity contribution in [1.29, 1.82) is 0 Å². The number of pyridine rings is 1. The highest BCUT2D eigenvalue weighted by Gasteiger charge is 2.04. The summed E-state index contributed by atoms with van der Waals surface area (Å²) >= 11 is 0. The number of aromatic nitrogens is 2. The van der Waals surface area contributed by atoms with Crippen molar-refractivity contribution in [3.05, 3.63) is 42.4 Å². The quantitative estimate of drug-likeness (QED) is 0.850. The van der Waals surface area contributed by atoms with Gasteiger partial charge in [0.25, 0.3) is 0 Å². The fourth-order valence-corrected chi connectivity index (χ4v) is 1.94. The summed E-state index contributed by atoms with van der Waals surface area (Å²) in [4.78, 5) is 4.16. The zero-order valence-electron chi connectivity index (χ0n) is 10.9. The minimum atomic E-state index is 0.631. The highest BCUT2D eigenvalue weighted by Crippen LogP contribution is 2.20. The smallest absolute Gasteiger partial charge is 0.237 e. The second kappa shape index (κ2) is 6.10. The van der Waals surface area contributed by atoms with Crippen LogP contribution in [0.2, 0.25) is 0 Å². The molecule has 0 spiro atoms. The fraction of sp³-hybridized carbons (Fsp3) is 0.357. The van der Waals surface area contributed by atoms with Gasteiger partial charge in [0.15, 0.2) is 0 Å². The Hall–Kier alpha value is -1.97. The monoisotopic (exact) mass is 245 g/mol. The summed E-state index contributed by atoms with van der Waals surface area (Å²) in [6.45, 7) is 4.00. The third-order valence-electron chi connectivity index (χ3n) is 2.81. The van der Waals surface area contributed by atoms with Crippen LogP contribution in [-0.4, -0.2) is 16.7 Å². The Morgan fingerprint density at radius 2 is 2.22 bits per heavy atom. The van der Waals surface area contributed by atoms with Gasteiger partial charge >= 0.3 is 0 Å². The minimum Gasteiger partial charge on any atom is -0.480 e. The number of ether oxygens (including phenoxy) is 1. The zero-order valence-corrected chi connectivity index (χ0v) is 10.9.